The molecule has 0 radical (unpaired) electrons. The molecule has 0 aliphatic carbocycles. The van der Waals surface area contributed by atoms with Crippen LogP contribution < -0.4 is 4.90 Å². The minimum Gasteiger partial charge on any atom is -0.363 e. The second kappa shape index (κ2) is 9.32. The Hall–Kier alpha value is -2.16. The molecule has 2 aromatic carbocycles. The Morgan fingerprint density at radius 2 is 1.57 bits per heavy atom. The van der Waals surface area contributed by atoms with Gasteiger partial charge in [0.25, 0.3) is 11.8 Å². The number of hydrogen-bond donors (Lipinski definition) is 0. The summed E-state index contributed by atoms with van der Waals surface area (Å²) in [5, 5.41) is 0.0112. The number of anilines is 1. The van der Waals surface area contributed by atoms with Gasteiger partial charge in [-0.15, -0.1) is 0 Å². The standard InChI is InChI=1S/C23H21ClIN3O2/c24-20-21(23(30)28(22(20)29)19-11-5-4-10-18(19)25)27-15-13-26(14-16-27)12-6-9-17-7-2-1-3-8-17/h1-11H,12-16H2/b9-6+. The topological polar surface area (TPSA) is 43.9 Å². The number of carbonyl (C=O) groups excluding carboxylic acids is 2. The molecule has 2 aliphatic heterocycles. The molecule has 154 valence electrons. The number of amides is 2. The second-order valence-corrected chi connectivity index (χ2v) is 8.70. The SMILES string of the molecule is O=C1C(Cl)=C(N2CCN(C/C=C/c3ccccc3)CC2)C(=O)N1c1ccccc1I. The van der Waals surface area contributed by atoms with Crippen LogP contribution >= 0.6 is 34.2 Å². The monoisotopic (exact) mass is 533 g/mol. The third kappa shape index (κ3) is 4.31. The van der Waals surface area contributed by atoms with Crippen LogP contribution in [0.4, 0.5) is 5.69 Å². The molecule has 0 aromatic heterocycles. The average molecular weight is 534 g/mol. The third-order valence-electron chi connectivity index (χ3n) is 5.26. The number of para-hydroxylation sites is 1. The Bertz CT molecular complexity index is 1010. The molecule has 5 nitrogen and oxygen atoms in total. The summed E-state index contributed by atoms with van der Waals surface area (Å²) in [5.74, 6) is -0.791. The average Bonchev–Trinajstić information content (AvgIpc) is 2.98. The van der Waals surface area contributed by atoms with Crippen LogP contribution in [0, 0.1) is 3.57 Å². The molecule has 2 amide bonds. The van der Waals surface area contributed by atoms with Gasteiger partial charge in [0.1, 0.15) is 10.7 Å². The minimum absolute atomic E-state index is 0.0112. The molecule has 2 heterocycles. The lowest BCUT2D eigenvalue weighted by atomic mass is 10.2. The molecular weight excluding hydrogens is 513 g/mol. The second-order valence-electron chi connectivity index (χ2n) is 7.16. The van der Waals surface area contributed by atoms with Crippen LogP contribution in [0.5, 0.6) is 0 Å². The van der Waals surface area contributed by atoms with E-state index in [1.807, 2.05) is 41.3 Å². The fraction of sp³-hybridized carbons (Fsp3) is 0.217. The van der Waals surface area contributed by atoms with Crippen molar-refractivity contribution in [3.63, 3.8) is 0 Å². The molecule has 0 atom stereocenters. The summed E-state index contributed by atoms with van der Waals surface area (Å²) in [4.78, 5) is 31.3. The van der Waals surface area contributed by atoms with E-state index in [4.69, 9.17) is 11.6 Å². The van der Waals surface area contributed by atoms with Gasteiger partial charge in [-0.2, -0.15) is 0 Å². The number of benzene rings is 2. The van der Waals surface area contributed by atoms with Crippen LogP contribution in [0.3, 0.4) is 0 Å². The van der Waals surface area contributed by atoms with Crippen LogP contribution in [0.2, 0.25) is 0 Å². The van der Waals surface area contributed by atoms with Crippen molar-refractivity contribution in [3.8, 4) is 0 Å². The normalized spacial score (nSPS) is 18.2. The van der Waals surface area contributed by atoms with E-state index < -0.39 is 5.91 Å². The van der Waals surface area contributed by atoms with Crippen molar-refractivity contribution in [2.24, 2.45) is 0 Å². The first-order chi connectivity index (χ1) is 14.6. The fourth-order valence-electron chi connectivity index (χ4n) is 3.67. The predicted molar refractivity (Wildman–Crippen MR) is 128 cm³/mol. The van der Waals surface area contributed by atoms with Gasteiger partial charge in [0.05, 0.1) is 5.69 Å². The Kier molecular flexibility index (Phi) is 6.55. The zero-order valence-electron chi connectivity index (χ0n) is 16.3. The quantitative estimate of drug-likeness (QED) is 0.431. The Morgan fingerprint density at radius 1 is 0.900 bits per heavy atom. The largest absolute Gasteiger partial charge is 0.363 e. The van der Waals surface area contributed by atoms with Crippen LogP contribution in [0.1, 0.15) is 5.56 Å². The molecule has 0 spiro atoms. The van der Waals surface area contributed by atoms with Crippen LogP contribution in [-0.2, 0) is 9.59 Å². The van der Waals surface area contributed by atoms with Crippen molar-refractivity contribution in [2.45, 2.75) is 0 Å². The zero-order chi connectivity index (χ0) is 21.1. The van der Waals surface area contributed by atoms with E-state index in [9.17, 15) is 9.59 Å². The molecule has 7 heteroatoms. The number of nitrogens with zero attached hydrogens (tertiary/aromatic N) is 3. The number of piperazine rings is 1. The summed E-state index contributed by atoms with van der Waals surface area (Å²) in [5.41, 5.74) is 2.07. The fourth-order valence-corrected chi connectivity index (χ4v) is 4.59. The van der Waals surface area contributed by atoms with E-state index in [1.54, 1.807) is 6.07 Å². The van der Waals surface area contributed by atoms with Crippen molar-refractivity contribution in [1.82, 2.24) is 9.80 Å². The first-order valence-electron chi connectivity index (χ1n) is 9.78. The maximum absolute atomic E-state index is 13.1. The number of hydrogen-bond acceptors (Lipinski definition) is 4. The highest BCUT2D eigenvalue weighted by molar-refractivity contribution is 14.1. The Balaban J connectivity index is 1.39. The van der Waals surface area contributed by atoms with Crippen LogP contribution in [0.15, 0.2) is 71.4 Å². The van der Waals surface area contributed by atoms with Crippen molar-refractivity contribution >= 4 is 57.8 Å². The molecule has 2 aromatic rings. The van der Waals surface area contributed by atoms with E-state index in [0.717, 1.165) is 23.2 Å². The molecule has 0 saturated carbocycles. The lowest BCUT2D eigenvalue weighted by molar-refractivity contribution is -0.121. The first-order valence-corrected chi connectivity index (χ1v) is 11.2. The van der Waals surface area contributed by atoms with Crippen molar-refractivity contribution < 1.29 is 9.59 Å². The molecule has 1 saturated heterocycles. The molecule has 0 N–H and O–H groups in total. The van der Waals surface area contributed by atoms with Crippen LogP contribution in [0.25, 0.3) is 6.08 Å². The molecule has 1 fully saturated rings. The van der Waals surface area contributed by atoms with Gasteiger partial charge in [0, 0.05) is 36.3 Å². The van der Waals surface area contributed by atoms with Crippen molar-refractivity contribution in [2.75, 3.05) is 37.6 Å². The highest BCUT2D eigenvalue weighted by Crippen LogP contribution is 2.33. The lowest BCUT2D eigenvalue weighted by Crippen LogP contribution is -2.47. The maximum atomic E-state index is 13.1. The van der Waals surface area contributed by atoms with Gasteiger partial charge in [-0.05, 0) is 40.3 Å². The van der Waals surface area contributed by atoms with Gasteiger partial charge in [-0.3, -0.25) is 14.5 Å². The van der Waals surface area contributed by atoms with E-state index in [2.05, 4.69) is 51.8 Å². The smallest absolute Gasteiger partial charge is 0.283 e. The van der Waals surface area contributed by atoms with Gasteiger partial charge in [-0.1, -0.05) is 66.2 Å². The summed E-state index contributed by atoms with van der Waals surface area (Å²) >= 11 is 8.46. The van der Waals surface area contributed by atoms with E-state index in [1.165, 1.54) is 10.5 Å². The van der Waals surface area contributed by atoms with Crippen molar-refractivity contribution in [3.05, 3.63) is 80.5 Å². The summed E-state index contributed by atoms with van der Waals surface area (Å²) in [6.45, 7) is 3.76. The molecule has 30 heavy (non-hydrogen) atoms. The number of carbonyl (C=O) groups is 2. The van der Waals surface area contributed by atoms with E-state index in [0.29, 0.717) is 24.5 Å². The molecule has 0 bridgehead atoms. The summed E-state index contributed by atoms with van der Waals surface area (Å²) in [6, 6.07) is 17.5. The van der Waals surface area contributed by atoms with Gasteiger partial charge >= 0.3 is 0 Å². The lowest BCUT2D eigenvalue weighted by Gasteiger charge is -2.35. The number of rotatable bonds is 5. The van der Waals surface area contributed by atoms with Gasteiger partial charge < -0.3 is 4.90 Å². The Morgan fingerprint density at radius 3 is 2.27 bits per heavy atom. The number of halogens is 2. The van der Waals surface area contributed by atoms with Gasteiger partial charge in [-0.25, -0.2) is 4.90 Å². The predicted octanol–water partition coefficient (Wildman–Crippen LogP) is 3.95. The summed E-state index contributed by atoms with van der Waals surface area (Å²) in [6.07, 6.45) is 4.27. The third-order valence-corrected chi connectivity index (χ3v) is 6.51. The van der Waals surface area contributed by atoms with Gasteiger partial charge in [0.2, 0.25) is 0 Å². The highest BCUT2D eigenvalue weighted by Gasteiger charge is 2.42. The van der Waals surface area contributed by atoms with Crippen molar-refractivity contribution in [1.29, 1.82) is 0 Å². The Labute approximate surface area is 194 Å². The molecular formula is C23H21ClIN3O2. The first kappa shape index (κ1) is 21.1. The maximum Gasteiger partial charge on any atom is 0.283 e. The molecule has 4 rings (SSSR count). The summed E-state index contributed by atoms with van der Waals surface area (Å²) in [7, 11) is 0. The van der Waals surface area contributed by atoms with E-state index >= 15 is 0 Å². The molecule has 2 aliphatic rings. The minimum atomic E-state index is -0.450. The van der Waals surface area contributed by atoms with Gasteiger partial charge in [0.15, 0.2) is 0 Å². The summed E-state index contributed by atoms with van der Waals surface area (Å²) < 4.78 is 0.831. The molecule has 0 unspecified atom stereocenters. The van der Waals surface area contributed by atoms with Crippen LogP contribution in [-0.4, -0.2) is 54.3 Å². The zero-order valence-corrected chi connectivity index (χ0v) is 19.2. The van der Waals surface area contributed by atoms with E-state index in [-0.39, 0.29) is 10.9 Å². The number of imide groups is 1. The highest BCUT2D eigenvalue weighted by atomic mass is 127.